The SMILES string of the molecule is NS(=O)(=O)c1ccc(CCNC(=O)c2ccc(-c3ccc(Cl)cc3)o2)cc1. The van der Waals surface area contributed by atoms with E-state index in [-0.39, 0.29) is 16.6 Å². The van der Waals surface area contributed by atoms with Gasteiger partial charge in [0.25, 0.3) is 5.91 Å². The lowest BCUT2D eigenvalue weighted by Crippen LogP contribution is -2.25. The van der Waals surface area contributed by atoms with E-state index >= 15 is 0 Å². The monoisotopic (exact) mass is 404 g/mol. The largest absolute Gasteiger partial charge is 0.451 e. The molecule has 0 saturated carbocycles. The fourth-order valence-electron chi connectivity index (χ4n) is 2.48. The van der Waals surface area contributed by atoms with Crippen LogP contribution in [0.25, 0.3) is 11.3 Å². The predicted octanol–water partition coefficient (Wildman–Crippen LogP) is 3.22. The topological polar surface area (TPSA) is 102 Å². The van der Waals surface area contributed by atoms with Crippen molar-refractivity contribution in [3.05, 3.63) is 77.0 Å². The van der Waals surface area contributed by atoms with E-state index in [1.54, 1.807) is 36.4 Å². The minimum atomic E-state index is -3.70. The Hall–Kier alpha value is -2.61. The molecule has 0 fully saturated rings. The van der Waals surface area contributed by atoms with Crippen molar-refractivity contribution >= 4 is 27.5 Å². The third kappa shape index (κ3) is 4.97. The van der Waals surface area contributed by atoms with Gasteiger partial charge in [-0.25, -0.2) is 13.6 Å². The Morgan fingerprint density at radius 3 is 2.30 bits per heavy atom. The molecule has 27 heavy (non-hydrogen) atoms. The van der Waals surface area contributed by atoms with Crippen LogP contribution in [0.3, 0.4) is 0 Å². The van der Waals surface area contributed by atoms with E-state index in [1.165, 1.54) is 12.1 Å². The van der Waals surface area contributed by atoms with Gasteiger partial charge in [-0.3, -0.25) is 4.79 Å². The number of hydrogen-bond donors (Lipinski definition) is 2. The Kier molecular flexibility index (Phi) is 5.65. The zero-order chi connectivity index (χ0) is 19.4. The normalized spacial score (nSPS) is 11.3. The van der Waals surface area contributed by atoms with E-state index in [1.807, 2.05) is 12.1 Å². The van der Waals surface area contributed by atoms with Crippen LogP contribution in [0.1, 0.15) is 16.1 Å². The molecule has 8 heteroatoms. The van der Waals surface area contributed by atoms with Gasteiger partial charge in [-0.1, -0.05) is 23.7 Å². The standard InChI is InChI=1S/C19H17ClN2O4S/c20-15-5-3-14(4-6-15)17-9-10-18(26-17)19(23)22-12-11-13-1-7-16(8-2-13)27(21,24)25/h1-10H,11-12H2,(H,22,23)(H2,21,24,25). The summed E-state index contributed by atoms with van der Waals surface area (Å²) in [5.41, 5.74) is 1.71. The van der Waals surface area contributed by atoms with Crippen LogP contribution in [0.15, 0.2) is 70.0 Å². The molecule has 6 nitrogen and oxygen atoms in total. The minimum absolute atomic E-state index is 0.0561. The van der Waals surface area contributed by atoms with Crippen LogP contribution in [-0.2, 0) is 16.4 Å². The Bertz CT molecular complexity index is 1040. The van der Waals surface area contributed by atoms with Crippen LogP contribution in [0.2, 0.25) is 5.02 Å². The summed E-state index contributed by atoms with van der Waals surface area (Å²) in [4.78, 5) is 12.3. The molecule has 0 saturated heterocycles. The number of furan rings is 1. The summed E-state index contributed by atoms with van der Waals surface area (Å²) >= 11 is 5.86. The van der Waals surface area contributed by atoms with Gasteiger partial charge in [0.05, 0.1) is 4.90 Å². The predicted molar refractivity (Wildman–Crippen MR) is 103 cm³/mol. The van der Waals surface area contributed by atoms with Gasteiger partial charge in [0.15, 0.2) is 5.76 Å². The van der Waals surface area contributed by atoms with Gasteiger partial charge in [-0.15, -0.1) is 0 Å². The summed E-state index contributed by atoms with van der Waals surface area (Å²) < 4.78 is 28.1. The summed E-state index contributed by atoms with van der Waals surface area (Å²) in [5, 5.41) is 8.46. The number of carbonyl (C=O) groups is 1. The number of benzene rings is 2. The van der Waals surface area contributed by atoms with Crippen molar-refractivity contribution in [2.45, 2.75) is 11.3 Å². The van der Waals surface area contributed by atoms with Crippen molar-refractivity contribution in [2.24, 2.45) is 5.14 Å². The summed E-state index contributed by atoms with van der Waals surface area (Å²) in [6.07, 6.45) is 0.543. The summed E-state index contributed by atoms with van der Waals surface area (Å²) in [6, 6.07) is 16.7. The number of carbonyl (C=O) groups excluding carboxylic acids is 1. The molecule has 3 N–H and O–H groups in total. The van der Waals surface area contributed by atoms with E-state index in [0.717, 1.165) is 11.1 Å². The van der Waals surface area contributed by atoms with Crippen molar-refractivity contribution in [2.75, 3.05) is 6.54 Å². The lowest BCUT2D eigenvalue weighted by Gasteiger charge is -2.05. The van der Waals surface area contributed by atoms with Crippen molar-refractivity contribution < 1.29 is 17.6 Å². The molecule has 0 spiro atoms. The van der Waals surface area contributed by atoms with Gasteiger partial charge >= 0.3 is 0 Å². The van der Waals surface area contributed by atoms with Crippen LogP contribution < -0.4 is 10.5 Å². The highest BCUT2D eigenvalue weighted by molar-refractivity contribution is 7.89. The Balaban J connectivity index is 1.56. The van der Waals surface area contributed by atoms with Crippen molar-refractivity contribution in [1.29, 1.82) is 0 Å². The molecule has 0 aliphatic carbocycles. The van der Waals surface area contributed by atoms with Crippen molar-refractivity contribution in [3.63, 3.8) is 0 Å². The highest BCUT2D eigenvalue weighted by atomic mass is 35.5. The molecule has 3 aromatic rings. The molecule has 1 heterocycles. The molecule has 140 valence electrons. The van der Waals surface area contributed by atoms with E-state index < -0.39 is 10.0 Å². The summed E-state index contributed by atoms with van der Waals surface area (Å²) in [7, 11) is -3.70. The van der Waals surface area contributed by atoms with Crippen LogP contribution in [-0.4, -0.2) is 20.9 Å². The first-order valence-electron chi connectivity index (χ1n) is 8.09. The lowest BCUT2D eigenvalue weighted by molar-refractivity contribution is 0.0927. The highest BCUT2D eigenvalue weighted by Gasteiger charge is 2.12. The molecule has 3 rings (SSSR count). The van der Waals surface area contributed by atoms with E-state index in [9.17, 15) is 13.2 Å². The zero-order valence-corrected chi connectivity index (χ0v) is 15.8. The summed E-state index contributed by atoms with van der Waals surface area (Å²) in [6.45, 7) is 0.379. The molecule has 0 atom stereocenters. The third-order valence-electron chi connectivity index (χ3n) is 3.91. The molecule has 0 unspecified atom stereocenters. The Morgan fingerprint density at radius 1 is 1.00 bits per heavy atom. The number of rotatable bonds is 6. The molecule has 0 aliphatic rings. The molecular formula is C19H17ClN2O4S. The first kappa shape index (κ1) is 19.2. The molecule has 1 aromatic heterocycles. The lowest BCUT2D eigenvalue weighted by atomic mass is 10.1. The number of sulfonamides is 1. The minimum Gasteiger partial charge on any atom is -0.451 e. The van der Waals surface area contributed by atoms with Gasteiger partial charge in [-0.05, 0) is 60.5 Å². The van der Waals surface area contributed by atoms with E-state index in [4.69, 9.17) is 21.2 Å². The number of halogens is 1. The molecule has 0 bridgehead atoms. The van der Waals surface area contributed by atoms with Crippen LogP contribution in [0, 0.1) is 0 Å². The molecular weight excluding hydrogens is 388 g/mol. The maximum atomic E-state index is 12.2. The zero-order valence-electron chi connectivity index (χ0n) is 14.2. The molecule has 1 amide bonds. The maximum Gasteiger partial charge on any atom is 0.287 e. The second-order valence-electron chi connectivity index (χ2n) is 5.87. The Morgan fingerprint density at radius 2 is 1.67 bits per heavy atom. The van der Waals surface area contributed by atoms with E-state index in [2.05, 4.69) is 5.32 Å². The quantitative estimate of drug-likeness (QED) is 0.658. The fraction of sp³-hybridized carbons (Fsp3) is 0.105. The van der Waals surface area contributed by atoms with Crippen LogP contribution in [0.4, 0.5) is 0 Å². The van der Waals surface area contributed by atoms with Crippen molar-refractivity contribution in [3.8, 4) is 11.3 Å². The highest BCUT2D eigenvalue weighted by Crippen LogP contribution is 2.23. The number of nitrogens with one attached hydrogen (secondary N) is 1. The smallest absolute Gasteiger partial charge is 0.287 e. The van der Waals surface area contributed by atoms with Crippen LogP contribution >= 0.6 is 11.6 Å². The van der Waals surface area contributed by atoms with Gasteiger partial charge < -0.3 is 9.73 Å². The second kappa shape index (κ2) is 7.96. The molecule has 0 radical (unpaired) electrons. The number of amides is 1. The van der Waals surface area contributed by atoms with Gasteiger partial charge in [0, 0.05) is 17.1 Å². The first-order valence-corrected chi connectivity index (χ1v) is 10.0. The van der Waals surface area contributed by atoms with Crippen LogP contribution in [0.5, 0.6) is 0 Å². The maximum absolute atomic E-state index is 12.2. The van der Waals surface area contributed by atoms with Gasteiger partial charge in [0.1, 0.15) is 5.76 Å². The second-order valence-corrected chi connectivity index (χ2v) is 7.86. The van der Waals surface area contributed by atoms with Gasteiger partial charge in [-0.2, -0.15) is 0 Å². The average molecular weight is 405 g/mol. The third-order valence-corrected chi connectivity index (χ3v) is 5.09. The first-order chi connectivity index (χ1) is 12.8. The average Bonchev–Trinajstić information content (AvgIpc) is 3.12. The molecule has 2 aromatic carbocycles. The number of hydrogen-bond acceptors (Lipinski definition) is 4. The van der Waals surface area contributed by atoms with E-state index in [0.29, 0.717) is 23.7 Å². The summed E-state index contributed by atoms with van der Waals surface area (Å²) in [5.74, 6) is 0.469. The van der Waals surface area contributed by atoms with Crippen molar-refractivity contribution in [1.82, 2.24) is 5.32 Å². The fourth-order valence-corrected chi connectivity index (χ4v) is 3.12. The Labute approximate surface area is 162 Å². The van der Waals surface area contributed by atoms with Gasteiger partial charge in [0.2, 0.25) is 10.0 Å². The number of nitrogens with two attached hydrogens (primary N) is 1. The number of primary sulfonamides is 1. The molecule has 0 aliphatic heterocycles.